The summed E-state index contributed by atoms with van der Waals surface area (Å²) in [4.78, 5) is 21.3. The van der Waals surface area contributed by atoms with Crippen LogP contribution in [0.1, 0.15) is 41.9 Å². The Labute approximate surface area is 173 Å². The van der Waals surface area contributed by atoms with Gasteiger partial charge in [0.05, 0.1) is 0 Å². The summed E-state index contributed by atoms with van der Waals surface area (Å²) in [6, 6.07) is 19.0. The van der Waals surface area contributed by atoms with E-state index in [9.17, 15) is 4.79 Å². The van der Waals surface area contributed by atoms with Gasteiger partial charge in [0.1, 0.15) is 0 Å². The van der Waals surface area contributed by atoms with Gasteiger partial charge >= 0.3 is 0 Å². The summed E-state index contributed by atoms with van der Waals surface area (Å²) in [6.07, 6.45) is 2.55. The first-order chi connectivity index (χ1) is 14.2. The lowest BCUT2D eigenvalue weighted by Gasteiger charge is -2.22. The number of guanidine groups is 1. The minimum atomic E-state index is 0.239. The second-order valence-electron chi connectivity index (χ2n) is 7.94. The number of hydrogen-bond acceptors (Lipinski definition) is 2. The lowest BCUT2D eigenvalue weighted by Crippen LogP contribution is -2.40. The minimum Gasteiger partial charge on any atom is -0.356 e. The number of amides is 1. The lowest BCUT2D eigenvalue weighted by atomic mass is 9.99. The van der Waals surface area contributed by atoms with Gasteiger partial charge in [-0.2, -0.15) is 0 Å². The van der Waals surface area contributed by atoms with Crippen molar-refractivity contribution < 1.29 is 4.79 Å². The van der Waals surface area contributed by atoms with E-state index in [0.717, 1.165) is 51.5 Å². The lowest BCUT2D eigenvalue weighted by molar-refractivity contribution is -0.131. The number of carbonyl (C=O) groups excluding carboxylic acids is 1. The van der Waals surface area contributed by atoms with Crippen molar-refractivity contribution >= 4 is 11.9 Å². The molecule has 2 aliphatic rings. The van der Waals surface area contributed by atoms with Gasteiger partial charge < -0.3 is 15.1 Å². The number of fused-ring (bicyclic) bond motifs is 1. The van der Waals surface area contributed by atoms with Crippen molar-refractivity contribution in [3.8, 4) is 0 Å². The molecule has 1 atom stereocenters. The zero-order chi connectivity index (χ0) is 20.1. The Morgan fingerprint density at radius 2 is 1.72 bits per heavy atom. The van der Waals surface area contributed by atoms with Crippen LogP contribution in [-0.2, 0) is 17.9 Å². The minimum absolute atomic E-state index is 0.239. The Hall–Kier alpha value is -2.82. The van der Waals surface area contributed by atoms with Crippen molar-refractivity contribution in [2.75, 3.05) is 26.7 Å². The van der Waals surface area contributed by atoms with Crippen LogP contribution in [0.3, 0.4) is 0 Å². The molecule has 5 heteroatoms. The number of hydrogen-bond donors (Lipinski definition) is 1. The third-order valence-corrected chi connectivity index (χ3v) is 6.01. The molecule has 1 N–H and O–H groups in total. The molecule has 0 saturated carbocycles. The molecule has 2 aliphatic heterocycles. The molecule has 2 heterocycles. The van der Waals surface area contributed by atoms with Gasteiger partial charge in [-0.3, -0.25) is 9.79 Å². The fourth-order valence-corrected chi connectivity index (χ4v) is 4.39. The number of benzene rings is 2. The number of carbonyl (C=O) groups is 1. The van der Waals surface area contributed by atoms with Gasteiger partial charge in [0.2, 0.25) is 5.91 Å². The van der Waals surface area contributed by atoms with E-state index in [-0.39, 0.29) is 5.91 Å². The molecule has 4 rings (SSSR count). The first-order valence-corrected chi connectivity index (χ1v) is 10.6. The van der Waals surface area contributed by atoms with E-state index in [4.69, 9.17) is 0 Å². The van der Waals surface area contributed by atoms with Gasteiger partial charge in [-0.1, -0.05) is 54.6 Å². The maximum atomic E-state index is 12.5. The molecule has 29 heavy (non-hydrogen) atoms. The van der Waals surface area contributed by atoms with E-state index >= 15 is 0 Å². The highest BCUT2D eigenvalue weighted by Crippen LogP contribution is 2.27. The van der Waals surface area contributed by atoms with E-state index in [1.807, 2.05) is 24.1 Å². The molecule has 0 spiro atoms. The van der Waals surface area contributed by atoms with Crippen LogP contribution >= 0.6 is 0 Å². The molecule has 0 aromatic heterocycles. The Morgan fingerprint density at radius 1 is 1.03 bits per heavy atom. The second-order valence-corrected chi connectivity index (χ2v) is 7.94. The van der Waals surface area contributed by atoms with E-state index in [1.54, 1.807) is 0 Å². The summed E-state index contributed by atoms with van der Waals surface area (Å²) in [7, 11) is 1.84. The molecule has 1 amide bonds. The molecule has 2 aromatic carbocycles. The Balaban J connectivity index is 1.20. The molecular formula is C24H30N4O. The predicted molar refractivity (Wildman–Crippen MR) is 117 cm³/mol. The largest absolute Gasteiger partial charge is 0.356 e. The summed E-state index contributed by atoms with van der Waals surface area (Å²) < 4.78 is 0. The highest BCUT2D eigenvalue weighted by molar-refractivity contribution is 5.80. The zero-order valence-electron chi connectivity index (χ0n) is 17.2. The summed E-state index contributed by atoms with van der Waals surface area (Å²) in [5.74, 6) is 1.75. The molecule has 0 bridgehead atoms. The van der Waals surface area contributed by atoms with Gasteiger partial charge in [-0.05, 0) is 29.5 Å². The van der Waals surface area contributed by atoms with Gasteiger partial charge in [0.15, 0.2) is 5.96 Å². The smallest absolute Gasteiger partial charge is 0.223 e. The standard InChI is InChI=1S/C24H30N4O/c1-25-24(27-15-13-22(16-27)19-8-3-2-4-9-19)26-14-7-12-23(29)28-17-20-10-5-6-11-21(20)18-28/h2-6,8-11,22H,7,12-18H2,1H3,(H,25,26). The van der Waals surface area contributed by atoms with E-state index in [1.165, 1.54) is 16.7 Å². The maximum Gasteiger partial charge on any atom is 0.223 e. The topological polar surface area (TPSA) is 47.9 Å². The fraction of sp³-hybridized carbons (Fsp3) is 0.417. The first kappa shape index (κ1) is 19.5. The van der Waals surface area contributed by atoms with Crippen molar-refractivity contribution in [1.82, 2.24) is 15.1 Å². The quantitative estimate of drug-likeness (QED) is 0.484. The number of aliphatic imine (C=N–C) groups is 1. The third-order valence-electron chi connectivity index (χ3n) is 6.01. The number of nitrogens with zero attached hydrogens (tertiary/aromatic N) is 3. The van der Waals surface area contributed by atoms with Gasteiger partial charge in [0.25, 0.3) is 0 Å². The molecule has 1 saturated heterocycles. The number of nitrogens with one attached hydrogen (secondary N) is 1. The normalized spacial score (nSPS) is 18.8. The van der Waals surface area contributed by atoms with Crippen LogP contribution in [0.25, 0.3) is 0 Å². The van der Waals surface area contributed by atoms with Crippen LogP contribution in [0.15, 0.2) is 59.6 Å². The number of rotatable bonds is 5. The average Bonchev–Trinajstić information content (AvgIpc) is 3.42. The highest BCUT2D eigenvalue weighted by Gasteiger charge is 2.26. The van der Waals surface area contributed by atoms with Gasteiger partial charge in [-0.25, -0.2) is 0 Å². The van der Waals surface area contributed by atoms with E-state index in [2.05, 4.69) is 57.7 Å². The highest BCUT2D eigenvalue weighted by atomic mass is 16.2. The Kier molecular flexibility index (Phi) is 6.13. The maximum absolute atomic E-state index is 12.5. The predicted octanol–water partition coefficient (Wildman–Crippen LogP) is 3.37. The van der Waals surface area contributed by atoms with Crippen LogP contribution in [0, 0.1) is 0 Å². The first-order valence-electron chi connectivity index (χ1n) is 10.6. The molecule has 1 fully saturated rings. The van der Waals surface area contributed by atoms with Crippen LogP contribution in [0.4, 0.5) is 0 Å². The average molecular weight is 391 g/mol. The van der Waals surface area contributed by atoms with Crippen LogP contribution in [0.2, 0.25) is 0 Å². The van der Waals surface area contributed by atoms with Crippen LogP contribution in [-0.4, -0.2) is 48.3 Å². The molecule has 0 radical (unpaired) electrons. The monoisotopic (exact) mass is 390 g/mol. The van der Waals surface area contributed by atoms with Gasteiger partial charge in [-0.15, -0.1) is 0 Å². The van der Waals surface area contributed by atoms with Crippen molar-refractivity contribution in [2.45, 2.75) is 38.3 Å². The van der Waals surface area contributed by atoms with E-state index in [0.29, 0.717) is 12.3 Å². The van der Waals surface area contributed by atoms with Crippen molar-refractivity contribution in [3.63, 3.8) is 0 Å². The van der Waals surface area contributed by atoms with Crippen LogP contribution in [0.5, 0.6) is 0 Å². The summed E-state index contributed by atoms with van der Waals surface area (Å²) in [6.45, 7) is 4.28. The molecule has 5 nitrogen and oxygen atoms in total. The van der Waals surface area contributed by atoms with Crippen molar-refractivity contribution in [3.05, 3.63) is 71.3 Å². The molecular weight excluding hydrogens is 360 g/mol. The second kappa shape index (κ2) is 9.12. The Morgan fingerprint density at radius 3 is 2.41 bits per heavy atom. The third kappa shape index (κ3) is 4.61. The van der Waals surface area contributed by atoms with Crippen molar-refractivity contribution in [1.29, 1.82) is 0 Å². The SMILES string of the molecule is CN=C(NCCCC(=O)N1Cc2ccccc2C1)N1CCC(c2ccccc2)C1. The molecule has 0 aliphatic carbocycles. The van der Waals surface area contributed by atoms with Crippen molar-refractivity contribution in [2.24, 2.45) is 4.99 Å². The van der Waals surface area contributed by atoms with Gasteiger partial charge in [0, 0.05) is 52.1 Å². The summed E-state index contributed by atoms with van der Waals surface area (Å²) in [5.41, 5.74) is 3.96. The zero-order valence-corrected chi connectivity index (χ0v) is 17.2. The Bertz CT molecular complexity index is 839. The van der Waals surface area contributed by atoms with E-state index < -0.39 is 0 Å². The number of likely N-dealkylation sites (tertiary alicyclic amines) is 1. The fourth-order valence-electron chi connectivity index (χ4n) is 4.39. The summed E-state index contributed by atoms with van der Waals surface area (Å²) >= 11 is 0. The molecule has 152 valence electrons. The van der Waals surface area contributed by atoms with Crippen LogP contribution < -0.4 is 5.32 Å². The molecule has 1 unspecified atom stereocenters. The molecule has 2 aromatic rings. The summed E-state index contributed by atoms with van der Waals surface area (Å²) in [5, 5.41) is 3.45.